The van der Waals surface area contributed by atoms with Crippen molar-refractivity contribution in [2.24, 2.45) is 0 Å². The number of benzene rings is 1. The third kappa shape index (κ3) is 3.71. The Balaban J connectivity index is 2.27. The van der Waals surface area contributed by atoms with Crippen LogP contribution in [0.5, 0.6) is 0 Å². The second-order valence-electron chi connectivity index (χ2n) is 5.49. The Morgan fingerprint density at radius 3 is 2.36 bits per heavy atom. The van der Waals surface area contributed by atoms with Crippen LogP contribution in [0.15, 0.2) is 18.2 Å². The van der Waals surface area contributed by atoms with Crippen LogP contribution in [0.2, 0.25) is 5.02 Å². The number of carbonyl (C=O) groups is 1. The Morgan fingerprint density at radius 2 is 1.82 bits per heavy atom. The molecule has 1 aromatic carbocycles. The lowest BCUT2D eigenvalue weighted by Gasteiger charge is -2.32. The van der Waals surface area contributed by atoms with E-state index in [0.29, 0.717) is 29.4 Å². The van der Waals surface area contributed by atoms with Crippen molar-refractivity contribution in [3.63, 3.8) is 0 Å². The second kappa shape index (κ2) is 6.44. The van der Waals surface area contributed by atoms with Gasteiger partial charge in [-0.1, -0.05) is 11.6 Å². The minimum absolute atomic E-state index is 0.104. The molecule has 122 valence electrons. The largest absolute Gasteiger partial charge is 0.336 e. The van der Waals surface area contributed by atoms with Crippen molar-refractivity contribution >= 4 is 33.2 Å². The van der Waals surface area contributed by atoms with Gasteiger partial charge < -0.3 is 9.80 Å². The van der Waals surface area contributed by atoms with Crippen molar-refractivity contribution in [2.75, 3.05) is 50.8 Å². The number of sulfonamides is 1. The number of hydrogen-bond donors (Lipinski definition) is 0. The molecule has 0 bridgehead atoms. The maximum absolute atomic E-state index is 12.5. The van der Waals surface area contributed by atoms with Gasteiger partial charge in [-0.15, -0.1) is 0 Å². The summed E-state index contributed by atoms with van der Waals surface area (Å²) in [5.74, 6) is -0.104. The van der Waals surface area contributed by atoms with Crippen LogP contribution < -0.4 is 4.31 Å². The molecule has 22 heavy (non-hydrogen) atoms. The average molecular weight is 346 g/mol. The summed E-state index contributed by atoms with van der Waals surface area (Å²) in [5.41, 5.74) is 0.753. The van der Waals surface area contributed by atoms with Gasteiger partial charge in [0.2, 0.25) is 10.0 Å². The van der Waals surface area contributed by atoms with Crippen molar-refractivity contribution in [2.45, 2.75) is 0 Å². The first-order valence-corrected chi connectivity index (χ1v) is 9.14. The summed E-state index contributed by atoms with van der Waals surface area (Å²) in [6.45, 7) is 2.98. The van der Waals surface area contributed by atoms with Gasteiger partial charge >= 0.3 is 0 Å². The first kappa shape index (κ1) is 17.1. The van der Waals surface area contributed by atoms with Gasteiger partial charge in [0.15, 0.2) is 0 Å². The molecule has 2 rings (SSSR count). The van der Waals surface area contributed by atoms with E-state index in [1.54, 1.807) is 17.0 Å². The van der Waals surface area contributed by atoms with Crippen LogP contribution in [0.4, 0.5) is 5.69 Å². The van der Waals surface area contributed by atoms with Crippen LogP contribution in [-0.2, 0) is 10.0 Å². The topological polar surface area (TPSA) is 60.9 Å². The molecule has 0 spiro atoms. The lowest BCUT2D eigenvalue weighted by Crippen LogP contribution is -2.47. The van der Waals surface area contributed by atoms with Gasteiger partial charge in [-0.3, -0.25) is 9.10 Å². The molecule has 1 saturated heterocycles. The summed E-state index contributed by atoms with van der Waals surface area (Å²) >= 11 is 6.07. The van der Waals surface area contributed by atoms with Crippen LogP contribution in [0, 0.1) is 0 Å². The van der Waals surface area contributed by atoms with Crippen molar-refractivity contribution in [3.8, 4) is 0 Å². The Hall–Kier alpha value is -1.31. The summed E-state index contributed by atoms with van der Waals surface area (Å²) in [6.07, 6.45) is 1.10. The van der Waals surface area contributed by atoms with E-state index in [1.807, 2.05) is 7.05 Å². The van der Waals surface area contributed by atoms with Gasteiger partial charge in [0.05, 0.1) is 17.0 Å². The third-order valence-electron chi connectivity index (χ3n) is 3.82. The fraction of sp³-hybridized carbons (Fsp3) is 0.500. The average Bonchev–Trinajstić information content (AvgIpc) is 2.46. The molecule has 1 aromatic rings. The monoisotopic (exact) mass is 345 g/mol. The Kier molecular flexibility index (Phi) is 4.99. The van der Waals surface area contributed by atoms with Crippen LogP contribution in [-0.4, -0.2) is 70.7 Å². The first-order valence-electron chi connectivity index (χ1n) is 6.91. The summed E-state index contributed by atoms with van der Waals surface area (Å²) in [7, 11) is -0.00121. The molecule has 1 heterocycles. The molecule has 0 saturated carbocycles. The second-order valence-corrected chi connectivity index (χ2v) is 7.91. The molecule has 1 amide bonds. The SMILES string of the molecule is CN1CCN(C(=O)c2ccc(Cl)c(N(C)S(C)(=O)=O)c2)CC1. The molecule has 0 aromatic heterocycles. The molecule has 6 nitrogen and oxygen atoms in total. The van der Waals surface area contributed by atoms with Crippen molar-refractivity contribution in [3.05, 3.63) is 28.8 Å². The fourth-order valence-corrected chi connectivity index (χ4v) is 3.06. The Morgan fingerprint density at radius 1 is 1.23 bits per heavy atom. The van der Waals surface area contributed by atoms with Gasteiger partial charge in [-0.2, -0.15) is 0 Å². The van der Waals surface area contributed by atoms with Crippen LogP contribution in [0.1, 0.15) is 10.4 Å². The van der Waals surface area contributed by atoms with Crippen LogP contribution in [0.25, 0.3) is 0 Å². The number of hydrogen-bond acceptors (Lipinski definition) is 4. The number of piperazine rings is 1. The predicted molar refractivity (Wildman–Crippen MR) is 88.1 cm³/mol. The number of likely N-dealkylation sites (N-methyl/N-ethyl adjacent to an activating group) is 1. The molecule has 0 N–H and O–H groups in total. The maximum atomic E-state index is 12.5. The Bertz CT molecular complexity index is 670. The smallest absolute Gasteiger partial charge is 0.254 e. The molecule has 1 fully saturated rings. The van der Waals surface area contributed by atoms with E-state index in [1.165, 1.54) is 13.1 Å². The van der Waals surface area contributed by atoms with Crippen LogP contribution >= 0.6 is 11.6 Å². The number of carbonyl (C=O) groups excluding carboxylic acids is 1. The number of nitrogens with zero attached hydrogens (tertiary/aromatic N) is 3. The van der Waals surface area contributed by atoms with E-state index in [4.69, 9.17) is 11.6 Å². The van der Waals surface area contributed by atoms with E-state index in [-0.39, 0.29) is 5.91 Å². The third-order valence-corrected chi connectivity index (χ3v) is 5.33. The van der Waals surface area contributed by atoms with E-state index >= 15 is 0 Å². The number of anilines is 1. The minimum atomic E-state index is -3.44. The summed E-state index contributed by atoms with van der Waals surface area (Å²) < 4.78 is 24.4. The number of rotatable bonds is 3. The van der Waals surface area contributed by atoms with E-state index < -0.39 is 10.0 Å². The zero-order valence-electron chi connectivity index (χ0n) is 12.9. The van der Waals surface area contributed by atoms with Gasteiger partial charge in [0.1, 0.15) is 0 Å². The first-order chi connectivity index (χ1) is 10.2. The highest BCUT2D eigenvalue weighted by atomic mass is 35.5. The highest BCUT2D eigenvalue weighted by molar-refractivity contribution is 7.92. The predicted octanol–water partition coefficient (Wildman–Crippen LogP) is 1.12. The van der Waals surface area contributed by atoms with Gasteiger partial charge in [0.25, 0.3) is 5.91 Å². The van der Waals surface area contributed by atoms with Gasteiger partial charge in [-0.05, 0) is 25.2 Å². The molecular weight excluding hydrogens is 326 g/mol. The van der Waals surface area contributed by atoms with E-state index in [0.717, 1.165) is 23.7 Å². The molecule has 0 radical (unpaired) electrons. The standard InChI is InChI=1S/C14H20ClN3O3S/c1-16-6-8-18(9-7-16)14(19)11-4-5-12(15)13(10-11)17(2)22(3,20)21/h4-5,10H,6-9H2,1-3H3. The molecule has 1 aliphatic rings. The maximum Gasteiger partial charge on any atom is 0.254 e. The Labute approximate surface area is 136 Å². The molecule has 1 aliphatic heterocycles. The highest BCUT2D eigenvalue weighted by Gasteiger charge is 2.22. The van der Waals surface area contributed by atoms with Crippen LogP contribution in [0.3, 0.4) is 0 Å². The summed E-state index contributed by atoms with van der Waals surface area (Å²) in [6, 6.07) is 4.72. The quantitative estimate of drug-likeness (QED) is 0.823. The lowest BCUT2D eigenvalue weighted by molar-refractivity contribution is 0.0664. The molecule has 0 atom stereocenters. The van der Waals surface area contributed by atoms with Crippen molar-refractivity contribution in [1.82, 2.24) is 9.80 Å². The summed E-state index contributed by atoms with van der Waals surface area (Å²) in [5, 5.41) is 0.294. The van der Waals surface area contributed by atoms with Gasteiger partial charge in [0, 0.05) is 38.8 Å². The zero-order valence-corrected chi connectivity index (χ0v) is 14.5. The highest BCUT2D eigenvalue weighted by Crippen LogP contribution is 2.28. The lowest BCUT2D eigenvalue weighted by atomic mass is 10.1. The van der Waals surface area contributed by atoms with Gasteiger partial charge in [-0.25, -0.2) is 8.42 Å². The number of amides is 1. The fourth-order valence-electron chi connectivity index (χ4n) is 2.26. The molecule has 8 heteroatoms. The summed E-state index contributed by atoms with van der Waals surface area (Å²) in [4.78, 5) is 16.5. The molecule has 0 unspecified atom stereocenters. The van der Waals surface area contributed by atoms with Crippen molar-refractivity contribution < 1.29 is 13.2 Å². The van der Waals surface area contributed by atoms with E-state index in [2.05, 4.69) is 4.90 Å². The molecule has 0 aliphatic carbocycles. The van der Waals surface area contributed by atoms with Crippen molar-refractivity contribution in [1.29, 1.82) is 0 Å². The normalized spacial score (nSPS) is 16.6. The zero-order chi connectivity index (χ0) is 16.5. The van der Waals surface area contributed by atoms with E-state index in [9.17, 15) is 13.2 Å². The minimum Gasteiger partial charge on any atom is -0.336 e. The molecular formula is C14H20ClN3O3S. The number of halogens is 1.